The van der Waals surface area contributed by atoms with Gasteiger partial charge in [0.05, 0.1) is 44.1 Å². The first kappa shape index (κ1) is 25.4. The number of pyridine rings is 4. The summed E-state index contributed by atoms with van der Waals surface area (Å²) in [6, 6.07) is 33.4. The van der Waals surface area contributed by atoms with E-state index in [1.54, 1.807) is 0 Å². The fourth-order valence-corrected chi connectivity index (χ4v) is 7.41. The smallest absolute Gasteiger partial charge is 0.139 e. The normalized spacial score (nSPS) is 12.2. The van der Waals surface area contributed by atoms with E-state index in [1.165, 1.54) is 0 Å². The molecule has 222 valence electrons. The third kappa shape index (κ3) is 3.43. The van der Waals surface area contributed by atoms with Crippen molar-refractivity contribution in [3.8, 4) is 22.8 Å². The molecule has 0 saturated carbocycles. The zero-order chi connectivity index (χ0) is 31.3. The molecule has 48 heavy (non-hydrogen) atoms. The van der Waals surface area contributed by atoms with Crippen LogP contribution in [-0.2, 0) is 0 Å². The van der Waals surface area contributed by atoms with E-state index in [0.717, 1.165) is 110 Å². The molecule has 0 aliphatic carbocycles. The fourth-order valence-electron chi connectivity index (χ4n) is 7.41. The minimum absolute atomic E-state index is 0.801. The second-order valence-electron chi connectivity index (χ2n) is 12.1. The number of hydrogen-bond acceptors (Lipinski definition) is 6. The maximum absolute atomic E-state index is 5.21. The first-order valence-corrected chi connectivity index (χ1v) is 15.8. The first-order chi connectivity index (χ1) is 23.8. The summed E-state index contributed by atoms with van der Waals surface area (Å²) in [6.07, 6.45) is 7.25. The summed E-state index contributed by atoms with van der Waals surface area (Å²) >= 11 is 0. The minimum atomic E-state index is 0.801. The monoisotopic (exact) mass is 614 g/mol. The highest BCUT2D eigenvalue weighted by atomic mass is 14.9. The fraction of sp³-hybridized carbons (Fsp3) is 0. The highest BCUT2D eigenvalue weighted by Crippen LogP contribution is 2.39. The van der Waals surface area contributed by atoms with Gasteiger partial charge in [0, 0.05) is 57.5 Å². The number of benzene rings is 5. The molecular weight excluding hydrogens is 592 g/mol. The largest absolute Gasteiger partial charge is 0.337 e. The molecule has 6 aromatic heterocycles. The summed E-state index contributed by atoms with van der Waals surface area (Å²) in [5, 5.41) is 8.42. The first-order valence-electron chi connectivity index (χ1n) is 15.8. The minimum Gasteiger partial charge on any atom is -0.337 e. The predicted molar refractivity (Wildman–Crippen MR) is 193 cm³/mol. The van der Waals surface area contributed by atoms with Gasteiger partial charge in [-0.15, -0.1) is 0 Å². The zero-order valence-electron chi connectivity index (χ0n) is 25.2. The standard InChI is InChI=1S/C40H22N8/c1-7-21-19-22-8-2-10-24(40-47-37-27-13-5-17-43-33(27)34-28(38(37)48-40)14-6-18-44-34)30(22)20-29(21)23(9-1)39-45-35-25-11-3-15-41-31(25)32-26(36(35)46-39)12-4-16-42-32/h1-20H,(H,45,46)(H,47,48). The van der Waals surface area contributed by atoms with Crippen LogP contribution in [0.3, 0.4) is 0 Å². The van der Waals surface area contributed by atoms with E-state index in [1.807, 2.05) is 49.1 Å². The van der Waals surface area contributed by atoms with Crippen molar-refractivity contribution in [3.63, 3.8) is 0 Å². The van der Waals surface area contributed by atoms with Crippen molar-refractivity contribution in [2.75, 3.05) is 0 Å². The molecule has 0 radical (unpaired) electrons. The summed E-state index contributed by atoms with van der Waals surface area (Å²) in [6.45, 7) is 0. The number of fused-ring (bicyclic) bond motifs is 14. The van der Waals surface area contributed by atoms with Gasteiger partial charge in [-0.05, 0) is 82.2 Å². The molecule has 11 rings (SSSR count). The molecule has 0 aliphatic heterocycles. The Morgan fingerprint density at radius 2 is 0.771 bits per heavy atom. The van der Waals surface area contributed by atoms with Crippen molar-refractivity contribution in [1.29, 1.82) is 0 Å². The summed E-state index contributed by atoms with van der Waals surface area (Å²) in [7, 11) is 0. The van der Waals surface area contributed by atoms with Gasteiger partial charge in [0.15, 0.2) is 0 Å². The average Bonchev–Trinajstić information content (AvgIpc) is 3.80. The quantitative estimate of drug-likeness (QED) is 0.148. The van der Waals surface area contributed by atoms with Gasteiger partial charge in [0.25, 0.3) is 0 Å². The molecule has 11 aromatic rings. The molecule has 8 nitrogen and oxygen atoms in total. The molecule has 0 bridgehead atoms. The van der Waals surface area contributed by atoms with Crippen molar-refractivity contribution in [2.24, 2.45) is 0 Å². The van der Waals surface area contributed by atoms with E-state index in [0.29, 0.717) is 0 Å². The second-order valence-corrected chi connectivity index (χ2v) is 12.1. The maximum atomic E-state index is 5.21. The van der Waals surface area contributed by atoms with Crippen molar-refractivity contribution in [1.82, 2.24) is 39.9 Å². The van der Waals surface area contributed by atoms with Gasteiger partial charge < -0.3 is 9.97 Å². The number of nitrogens with one attached hydrogen (secondary N) is 2. The van der Waals surface area contributed by atoms with Crippen LogP contribution in [0.1, 0.15) is 0 Å². The van der Waals surface area contributed by atoms with Crippen LogP contribution in [0.4, 0.5) is 0 Å². The third-order valence-electron chi connectivity index (χ3n) is 9.53. The Balaban J connectivity index is 1.17. The molecule has 0 saturated heterocycles. The van der Waals surface area contributed by atoms with Gasteiger partial charge in [-0.25, -0.2) is 9.97 Å². The number of aromatic amines is 2. The van der Waals surface area contributed by atoms with E-state index in [9.17, 15) is 0 Å². The van der Waals surface area contributed by atoms with Gasteiger partial charge in [-0.2, -0.15) is 0 Å². The Morgan fingerprint density at radius 3 is 1.23 bits per heavy atom. The molecule has 0 unspecified atom stereocenters. The lowest BCUT2D eigenvalue weighted by atomic mass is 9.96. The van der Waals surface area contributed by atoms with Crippen LogP contribution in [0.25, 0.3) is 110 Å². The number of aromatic nitrogens is 8. The maximum Gasteiger partial charge on any atom is 0.139 e. The van der Waals surface area contributed by atoms with Crippen LogP contribution in [0.5, 0.6) is 0 Å². The summed E-state index contributed by atoms with van der Waals surface area (Å²) in [5.41, 5.74) is 9.16. The van der Waals surface area contributed by atoms with Crippen LogP contribution in [-0.4, -0.2) is 39.9 Å². The van der Waals surface area contributed by atoms with Crippen molar-refractivity contribution < 1.29 is 0 Å². The van der Waals surface area contributed by atoms with Crippen molar-refractivity contribution in [3.05, 3.63) is 122 Å². The van der Waals surface area contributed by atoms with Crippen molar-refractivity contribution >= 4 is 87.2 Å². The predicted octanol–water partition coefficient (Wildman–Crippen LogP) is 9.27. The van der Waals surface area contributed by atoms with Crippen LogP contribution in [0.15, 0.2) is 122 Å². The Bertz CT molecular complexity index is 2780. The molecule has 0 atom stereocenters. The molecule has 6 heterocycles. The zero-order valence-corrected chi connectivity index (χ0v) is 25.2. The second kappa shape index (κ2) is 9.37. The lowest BCUT2D eigenvalue weighted by molar-refractivity contribution is 1.35. The SMILES string of the molecule is c1cc(-c2nc3c4cccnc4c4ncccc4c3[nH]2)c2cc3c(-c4nc5c6cccnc6c6ncccc6c5[nH]4)cccc3cc2c1. The van der Waals surface area contributed by atoms with E-state index in [4.69, 9.17) is 9.97 Å². The topological polar surface area (TPSA) is 109 Å². The van der Waals surface area contributed by atoms with Crippen molar-refractivity contribution in [2.45, 2.75) is 0 Å². The molecule has 0 aliphatic rings. The molecule has 8 heteroatoms. The molecule has 0 amide bonds. The number of rotatable bonds is 2. The van der Waals surface area contributed by atoms with Crippen LogP contribution >= 0.6 is 0 Å². The Morgan fingerprint density at radius 1 is 0.354 bits per heavy atom. The molecule has 0 spiro atoms. The van der Waals surface area contributed by atoms with Gasteiger partial charge in [-0.3, -0.25) is 19.9 Å². The van der Waals surface area contributed by atoms with Gasteiger partial charge in [0.2, 0.25) is 0 Å². The number of H-pyrrole nitrogens is 2. The Labute approximate surface area is 271 Å². The highest BCUT2D eigenvalue weighted by molar-refractivity contribution is 6.22. The molecule has 5 aromatic carbocycles. The lowest BCUT2D eigenvalue weighted by Crippen LogP contribution is -1.87. The van der Waals surface area contributed by atoms with Gasteiger partial charge in [0.1, 0.15) is 11.6 Å². The van der Waals surface area contributed by atoms with Gasteiger partial charge in [-0.1, -0.05) is 36.4 Å². The van der Waals surface area contributed by atoms with Gasteiger partial charge >= 0.3 is 0 Å². The van der Waals surface area contributed by atoms with Crippen LogP contribution < -0.4 is 0 Å². The molecular formula is C40H22N8. The van der Waals surface area contributed by atoms with E-state index in [2.05, 4.69) is 103 Å². The Kier molecular flexibility index (Phi) is 4.96. The van der Waals surface area contributed by atoms with E-state index >= 15 is 0 Å². The number of imidazole rings is 2. The molecule has 2 N–H and O–H groups in total. The Hall–Kier alpha value is -6.80. The van der Waals surface area contributed by atoms with Crippen LogP contribution in [0.2, 0.25) is 0 Å². The molecule has 0 fully saturated rings. The summed E-state index contributed by atoms with van der Waals surface area (Å²) < 4.78 is 0. The average molecular weight is 615 g/mol. The van der Waals surface area contributed by atoms with E-state index in [-0.39, 0.29) is 0 Å². The van der Waals surface area contributed by atoms with E-state index < -0.39 is 0 Å². The summed E-state index contributed by atoms with van der Waals surface area (Å²) in [5.74, 6) is 1.60. The lowest BCUT2D eigenvalue weighted by Gasteiger charge is -2.09. The summed E-state index contributed by atoms with van der Waals surface area (Å²) in [4.78, 5) is 36.5. The highest BCUT2D eigenvalue weighted by Gasteiger charge is 2.19. The number of nitrogens with zero attached hydrogens (tertiary/aromatic N) is 6. The number of hydrogen-bond donors (Lipinski definition) is 2. The van der Waals surface area contributed by atoms with Crippen LogP contribution in [0, 0.1) is 0 Å². The third-order valence-corrected chi connectivity index (χ3v) is 9.53.